The van der Waals surface area contributed by atoms with Gasteiger partial charge in [-0.3, -0.25) is 9.69 Å². The normalized spacial score (nSPS) is 18.9. The van der Waals surface area contributed by atoms with Gasteiger partial charge in [-0.15, -0.1) is 0 Å². The van der Waals surface area contributed by atoms with Crippen molar-refractivity contribution >= 4 is 11.9 Å². The Balaban J connectivity index is 1.90. The maximum absolute atomic E-state index is 11.7. The number of nitrogens with zero attached hydrogens (tertiary/aromatic N) is 1. The number of esters is 1. The molecule has 5 nitrogen and oxygen atoms in total. The third kappa shape index (κ3) is 4.56. The van der Waals surface area contributed by atoms with Crippen LogP contribution in [-0.2, 0) is 16.1 Å². The number of benzene rings is 1. The quantitative estimate of drug-likeness (QED) is 0.818. The van der Waals surface area contributed by atoms with E-state index in [2.05, 4.69) is 4.90 Å². The molecule has 1 N–H and O–H groups in total. The van der Waals surface area contributed by atoms with Gasteiger partial charge in [0.2, 0.25) is 0 Å². The average Bonchev–Trinajstić information content (AvgIpc) is 2.53. The van der Waals surface area contributed by atoms with E-state index >= 15 is 0 Å². The fourth-order valence-corrected chi connectivity index (χ4v) is 2.68. The molecule has 0 saturated carbocycles. The minimum Gasteiger partial charge on any atom is -0.481 e. The van der Waals surface area contributed by atoms with Crippen LogP contribution in [0.25, 0.3) is 0 Å². The Bertz CT molecular complexity index is 512. The van der Waals surface area contributed by atoms with Gasteiger partial charge in [-0.1, -0.05) is 19.1 Å². The molecule has 1 aromatic carbocycles. The van der Waals surface area contributed by atoms with Crippen molar-refractivity contribution in [3.63, 3.8) is 0 Å². The molecular weight excluding hydrogens is 282 g/mol. The highest BCUT2D eigenvalue weighted by atomic mass is 16.5. The van der Waals surface area contributed by atoms with E-state index in [1.54, 1.807) is 12.1 Å². The number of piperidine rings is 1. The van der Waals surface area contributed by atoms with E-state index in [-0.39, 0.29) is 11.9 Å². The Hall–Kier alpha value is -1.88. The van der Waals surface area contributed by atoms with Crippen molar-refractivity contribution in [1.29, 1.82) is 0 Å². The molecule has 1 saturated heterocycles. The van der Waals surface area contributed by atoms with Crippen molar-refractivity contribution in [3.05, 3.63) is 35.4 Å². The van der Waals surface area contributed by atoms with E-state index in [0.717, 1.165) is 31.4 Å². The SMILES string of the molecule is CCCOC(=O)c1ccc(CN2CCCC(C(=O)O)C2)cc1. The van der Waals surface area contributed by atoms with Crippen LogP contribution in [0.2, 0.25) is 0 Å². The average molecular weight is 305 g/mol. The zero-order valence-corrected chi connectivity index (χ0v) is 13.0. The minimum absolute atomic E-state index is 0.267. The number of likely N-dealkylation sites (tertiary alicyclic amines) is 1. The lowest BCUT2D eigenvalue weighted by molar-refractivity contribution is -0.143. The first-order chi connectivity index (χ1) is 10.6. The van der Waals surface area contributed by atoms with Crippen molar-refractivity contribution in [2.24, 2.45) is 5.92 Å². The van der Waals surface area contributed by atoms with Crippen LogP contribution in [0, 0.1) is 5.92 Å². The summed E-state index contributed by atoms with van der Waals surface area (Å²) in [4.78, 5) is 25.0. The smallest absolute Gasteiger partial charge is 0.338 e. The minimum atomic E-state index is -0.710. The molecule has 22 heavy (non-hydrogen) atoms. The van der Waals surface area contributed by atoms with Crippen LogP contribution >= 0.6 is 0 Å². The Labute approximate surface area is 130 Å². The Morgan fingerprint density at radius 1 is 1.32 bits per heavy atom. The van der Waals surface area contributed by atoms with Crippen LogP contribution < -0.4 is 0 Å². The summed E-state index contributed by atoms with van der Waals surface area (Å²) < 4.78 is 5.09. The van der Waals surface area contributed by atoms with Crippen LogP contribution in [0.15, 0.2) is 24.3 Å². The number of aliphatic carboxylic acids is 1. The Morgan fingerprint density at radius 3 is 2.68 bits per heavy atom. The summed E-state index contributed by atoms with van der Waals surface area (Å²) in [5, 5.41) is 9.11. The molecule has 1 atom stereocenters. The number of rotatable bonds is 6. The maximum Gasteiger partial charge on any atom is 0.338 e. The predicted octanol–water partition coefficient (Wildman–Crippen LogP) is 2.55. The van der Waals surface area contributed by atoms with Gasteiger partial charge in [0.05, 0.1) is 18.1 Å². The summed E-state index contributed by atoms with van der Waals surface area (Å²) in [6.07, 6.45) is 2.48. The van der Waals surface area contributed by atoms with Crippen LogP contribution in [0.1, 0.15) is 42.1 Å². The van der Waals surface area contributed by atoms with Gasteiger partial charge in [-0.25, -0.2) is 4.79 Å². The van der Waals surface area contributed by atoms with Crippen molar-refractivity contribution in [2.75, 3.05) is 19.7 Å². The summed E-state index contributed by atoms with van der Waals surface area (Å²) >= 11 is 0. The first-order valence-corrected chi connectivity index (χ1v) is 7.81. The van der Waals surface area contributed by atoms with E-state index in [1.807, 2.05) is 19.1 Å². The molecule has 1 fully saturated rings. The highest BCUT2D eigenvalue weighted by Gasteiger charge is 2.25. The zero-order chi connectivity index (χ0) is 15.9. The first kappa shape index (κ1) is 16.5. The monoisotopic (exact) mass is 305 g/mol. The summed E-state index contributed by atoms with van der Waals surface area (Å²) in [6, 6.07) is 7.36. The summed E-state index contributed by atoms with van der Waals surface area (Å²) in [6.45, 7) is 4.62. The van der Waals surface area contributed by atoms with Gasteiger partial charge in [-0.2, -0.15) is 0 Å². The summed E-state index contributed by atoms with van der Waals surface area (Å²) in [7, 11) is 0. The molecule has 0 amide bonds. The fourth-order valence-electron chi connectivity index (χ4n) is 2.68. The second-order valence-corrected chi connectivity index (χ2v) is 5.75. The molecule has 1 unspecified atom stereocenters. The lowest BCUT2D eigenvalue weighted by atomic mass is 9.98. The van der Waals surface area contributed by atoms with Crippen molar-refractivity contribution in [1.82, 2.24) is 4.90 Å². The molecule has 0 bridgehead atoms. The van der Waals surface area contributed by atoms with Crippen molar-refractivity contribution in [3.8, 4) is 0 Å². The number of hydrogen-bond acceptors (Lipinski definition) is 4. The van der Waals surface area contributed by atoms with Crippen LogP contribution in [-0.4, -0.2) is 41.6 Å². The van der Waals surface area contributed by atoms with E-state index in [1.165, 1.54) is 0 Å². The lowest BCUT2D eigenvalue weighted by Gasteiger charge is -2.30. The number of carboxylic acid groups (broad SMARTS) is 1. The standard InChI is InChI=1S/C17H23NO4/c1-2-10-22-17(21)14-7-5-13(6-8-14)11-18-9-3-4-15(12-18)16(19)20/h5-8,15H,2-4,9-12H2,1H3,(H,19,20). The predicted molar refractivity (Wildman–Crippen MR) is 82.7 cm³/mol. The fraction of sp³-hybridized carbons (Fsp3) is 0.529. The molecule has 120 valence electrons. The summed E-state index contributed by atoms with van der Waals surface area (Å²) in [5.74, 6) is -1.27. The van der Waals surface area contributed by atoms with E-state index in [9.17, 15) is 9.59 Å². The molecule has 0 aromatic heterocycles. The third-order valence-electron chi connectivity index (χ3n) is 3.89. The number of ether oxygens (including phenoxy) is 1. The number of carbonyl (C=O) groups is 2. The number of carboxylic acids is 1. The number of carbonyl (C=O) groups excluding carboxylic acids is 1. The van der Waals surface area contributed by atoms with Gasteiger partial charge >= 0.3 is 11.9 Å². The second-order valence-electron chi connectivity index (χ2n) is 5.75. The second kappa shape index (κ2) is 7.94. The largest absolute Gasteiger partial charge is 0.481 e. The van der Waals surface area contributed by atoms with Crippen molar-refractivity contribution < 1.29 is 19.4 Å². The van der Waals surface area contributed by atoms with Gasteiger partial charge in [0.1, 0.15) is 0 Å². The maximum atomic E-state index is 11.7. The molecule has 0 radical (unpaired) electrons. The topological polar surface area (TPSA) is 66.8 Å². The van der Waals surface area contributed by atoms with Gasteiger partial charge in [0, 0.05) is 13.1 Å². The third-order valence-corrected chi connectivity index (χ3v) is 3.89. The molecule has 2 rings (SSSR count). The van der Waals surface area contributed by atoms with Gasteiger partial charge in [0.25, 0.3) is 0 Å². The molecule has 1 aliphatic rings. The Morgan fingerprint density at radius 2 is 2.05 bits per heavy atom. The van der Waals surface area contributed by atoms with Crippen LogP contribution in [0.3, 0.4) is 0 Å². The van der Waals surface area contributed by atoms with Crippen LogP contribution in [0.5, 0.6) is 0 Å². The van der Waals surface area contributed by atoms with Gasteiger partial charge < -0.3 is 9.84 Å². The first-order valence-electron chi connectivity index (χ1n) is 7.81. The highest BCUT2D eigenvalue weighted by molar-refractivity contribution is 5.89. The lowest BCUT2D eigenvalue weighted by Crippen LogP contribution is -2.38. The molecule has 1 heterocycles. The molecule has 0 spiro atoms. The van der Waals surface area contributed by atoms with E-state index in [4.69, 9.17) is 9.84 Å². The molecule has 1 aromatic rings. The summed E-state index contributed by atoms with van der Waals surface area (Å²) in [5.41, 5.74) is 1.64. The molecule has 5 heteroatoms. The van der Waals surface area contributed by atoms with E-state index < -0.39 is 5.97 Å². The van der Waals surface area contributed by atoms with Gasteiger partial charge in [-0.05, 0) is 43.5 Å². The van der Waals surface area contributed by atoms with Crippen LogP contribution in [0.4, 0.5) is 0 Å². The van der Waals surface area contributed by atoms with E-state index in [0.29, 0.717) is 25.3 Å². The Kier molecular flexibility index (Phi) is 5.95. The molecular formula is C17H23NO4. The molecule has 1 aliphatic heterocycles. The molecule has 0 aliphatic carbocycles. The number of hydrogen-bond donors (Lipinski definition) is 1. The van der Waals surface area contributed by atoms with Gasteiger partial charge in [0.15, 0.2) is 0 Å². The zero-order valence-electron chi connectivity index (χ0n) is 13.0. The highest BCUT2D eigenvalue weighted by Crippen LogP contribution is 2.19. The van der Waals surface area contributed by atoms with Crippen molar-refractivity contribution in [2.45, 2.75) is 32.7 Å².